The molecule has 0 saturated heterocycles. The lowest BCUT2D eigenvalue weighted by Gasteiger charge is -2.28. The third-order valence-corrected chi connectivity index (χ3v) is 11.7. The second-order valence-corrected chi connectivity index (χ2v) is 16.3. The largest absolute Gasteiger partial charge is 0.497 e. The predicted molar refractivity (Wildman–Crippen MR) is 254 cm³/mol. The number of benzene rings is 4. The van der Waals surface area contributed by atoms with Gasteiger partial charge in [-0.15, -0.1) is 0 Å². The van der Waals surface area contributed by atoms with Crippen molar-refractivity contribution in [3.05, 3.63) is 131 Å². The average Bonchev–Trinajstić information content (AvgIpc) is 3.33. The van der Waals surface area contributed by atoms with Gasteiger partial charge in [-0.25, -0.2) is 0 Å². The summed E-state index contributed by atoms with van der Waals surface area (Å²) in [5.74, 6) is 2.55. The van der Waals surface area contributed by atoms with Gasteiger partial charge in [0.15, 0.2) is 0 Å². The second-order valence-electron chi connectivity index (χ2n) is 16.3. The lowest BCUT2D eigenvalue weighted by atomic mass is 10.0. The molecule has 2 aliphatic rings. The SMILES string of the molecule is COc1ccc([C@@H]2C/C=C/C[C@H](C)Oc3ccccc3C(=O)N(C)[C@@H](C)C(=O)N2)c(OC)c1.COc1ccc([C@@H]2C/C=C\C[C@H](C)Oc3ccccc3C(=O)N(C)[C@@H](C)C(=O)N2)c(OC)c1. The molecule has 0 spiro atoms. The molecule has 14 nitrogen and oxygen atoms in total. The molecule has 66 heavy (non-hydrogen) atoms. The van der Waals surface area contributed by atoms with Gasteiger partial charge < -0.3 is 48.9 Å². The van der Waals surface area contributed by atoms with Gasteiger partial charge in [0.1, 0.15) is 46.6 Å². The number of hydrogen-bond donors (Lipinski definition) is 2. The maximum absolute atomic E-state index is 13.2. The van der Waals surface area contributed by atoms with Crippen molar-refractivity contribution in [3.63, 3.8) is 0 Å². The Morgan fingerprint density at radius 1 is 0.500 bits per heavy atom. The molecule has 4 aromatic rings. The second kappa shape index (κ2) is 23.8. The van der Waals surface area contributed by atoms with Crippen LogP contribution in [-0.4, -0.2) is 100 Å². The number of rotatable bonds is 6. The summed E-state index contributed by atoms with van der Waals surface area (Å²) in [6.07, 6.45) is 10.3. The highest BCUT2D eigenvalue weighted by molar-refractivity contribution is 6.00. The van der Waals surface area contributed by atoms with Crippen LogP contribution in [0.1, 0.15) is 97.3 Å². The van der Waals surface area contributed by atoms with Gasteiger partial charge in [0.05, 0.1) is 63.9 Å². The molecule has 0 unspecified atom stereocenters. The number of carbonyl (C=O) groups excluding carboxylic acids is 4. The maximum atomic E-state index is 13.2. The summed E-state index contributed by atoms with van der Waals surface area (Å²) in [6.45, 7) is 7.36. The molecule has 0 bridgehead atoms. The molecule has 4 aromatic carbocycles. The Hall–Kier alpha value is -6.96. The molecule has 14 heteroatoms. The third-order valence-electron chi connectivity index (χ3n) is 11.7. The van der Waals surface area contributed by atoms with Gasteiger partial charge in [0.25, 0.3) is 11.8 Å². The number of nitrogens with zero attached hydrogens (tertiary/aromatic N) is 2. The van der Waals surface area contributed by atoms with Gasteiger partial charge in [-0.3, -0.25) is 19.2 Å². The predicted octanol–water partition coefficient (Wildman–Crippen LogP) is 8.28. The first kappa shape index (κ1) is 50.0. The molecular formula is C52H64N4O10. The summed E-state index contributed by atoms with van der Waals surface area (Å²) < 4.78 is 33.9. The fourth-order valence-electron chi connectivity index (χ4n) is 7.47. The molecule has 0 saturated carbocycles. The van der Waals surface area contributed by atoms with Gasteiger partial charge in [-0.2, -0.15) is 0 Å². The number of para-hydroxylation sites is 2. The van der Waals surface area contributed by atoms with Crippen LogP contribution in [0, 0.1) is 0 Å². The number of amides is 4. The maximum Gasteiger partial charge on any atom is 0.258 e. The number of carbonyl (C=O) groups is 4. The van der Waals surface area contributed by atoms with Crippen LogP contribution in [0.2, 0.25) is 0 Å². The van der Waals surface area contributed by atoms with Gasteiger partial charge in [0.2, 0.25) is 11.8 Å². The summed E-state index contributed by atoms with van der Waals surface area (Å²) in [5, 5.41) is 6.20. The number of methoxy groups -OCH3 is 4. The fraction of sp³-hybridized carbons (Fsp3) is 0.385. The van der Waals surface area contributed by atoms with Crippen molar-refractivity contribution in [1.29, 1.82) is 0 Å². The minimum Gasteiger partial charge on any atom is -0.497 e. The van der Waals surface area contributed by atoms with Crippen LogP contribution >= 0.6 is 0 Å². The van der Waals surface area contributed by atoms with E-state index in [1.54, 1.807) is 105 Å². The summed E-state index contributed by atoms with van der Waals surface area (Å²) in [6, 6.07) is 23.2. The summed E-state index contributed by atoms with van der Waals surface area (Å²) in [7, 11) is 9.62. The van der Waals surface area contributed by atoms with Crippen molar-refractivity contribution in [3.8, 4) is 34.5 Å². The fourth-order valence-corrected chi connectivity index (χ4v) is 7.47. The van der Waals surface area contributed by atoms with Crippen molar-refractivity contribution in [2.75, 3.05) is 42.5 Å². The highest BCUT2D eigenvalue weighted by Crippen LogP contribution is 2.34. The molecule has 0 aromatic heterocycles. The van der Waals surface area contributed by atoms with E-state index < -0.39 is 12.1 Å². The van der Waals surface area contributed by atoms with Crippen molar-refractivity contribution < 1.29 is 47.6 Å². The van der Waals surface area contributed by atoms with Crippen LogP contribution in [0.3, 0.4) is 0 Å². The van der Waals surface area contributed by atoms with Crippen LogP contribution in [0.4, 0.5) is 0 Å². The first-order chi connectivity index (χ1) is 31.7. The van der Waals surface area contributed by atoms with Crippen molar-refractivity contribution in [1.82, 2.24) is 20.4 Å². The van der Waals surface area contributed by atoms with E-state index in [1.165, 1.54) is 9.80 Å². The van der Waals surface area contributed by atoms with Crippen LogP contribution in [0.25, 0.3) is 0 Å². The lowest BCUT2D eigenvalue weighted by molar-refractivity contribution is -0.126. The van der Waals surface area contributed by atoms with E-state index in [4.69, 9.17) is 28.4 Å². The van der Waals surface area contributed by atoms with E-state index in [1.807, 2.05) is 74.5 Å². The Morgan fingerprint density at radius 2 is 0.864 bits per heavy atom. The van der Waals surface area contributed by atoms with Crippen molar-refractivity contribution >= 4 is 23.6 Å². The molecule has 6 rings (SSSR count). The molecule has 352 valence electrons. The zero-order valence-electron chi connectivity index (χ0n) is 39.7. The Bertz CT molecular complexity index is 2200. The quantitative estimate of drug-likeness (QED) is 0.181. The average molecular weight is 905 g/mol. The first-order valence-corrected chi connectivity index (χ1v) is 22.1. The highest BCUT2D eigenvalue weighted by Gasteiger charge is 2.30. The molecule has 2 heterocycles. The number of likely N-dealkylation sites (N-methyl/N-ethyl adjacent to an activating group) is 2. The lowest BCUT2D eigenvalue weighted by Crippen LogP contribution is -2.47. The molecular weight excluding hydrogens is 841 g/mol. The summed E-state index contributed by atoms with van der Waals surface area (Å²) in [4.78, 5) is 55.7. The van der Waals surface area contributed by atoms with Gasteiger partial charge >= 0.3 is 0 Å². The number of fused-ring (bicyclic) bond motifs is 2. The minimum atomic E-state index is -0.693. The Kier molecular flexibility index (Phi) is 18.1. The molecule has 2 aliphatic heterocycles. The van der Waals surface area contributed by atoms with E-state index in [-0.39, 0.29) is 47.9 Å². The van der Waals surface area contributed by atoms with Crippen LogP contribution < -0.4 is 39.1 Å². The zero-order chi connectivity index (χ0) is 47.9. The van der Waals surface area contributed by atoms with E-state index in [2.05, 4.69) is 10.6 Å². The topological polar surface area (TPSA) is 154 Å². The molecule has 0 fully saturated rings. The van der Waals surface area contributed by atoms with E-state index in [0.29, 0.717) is 71.3 Å². The van der Waals surface area contributed by atoms with E-state index in [0.717, 1.165) is 11.1 Å². The van der Waals surface area contributed by atoms with Crippen LogP contribution in [0.15, 0.2) is 109 Å². The van der Waals surface area contributed by atoms with Crippen LogP contribution in [-0.2, 0) is 9.59 Å². The highest BCUT2D eigenvalue weighted by atomic mass is 16.5. The number of hydrogen-bond acceptors (Lipinski definition) is 10. The summed E-state index contributed by atoms with van der Waals surface area (Å²) >= 11 is 0. The normalized spacial score (nSPS) is 22.9. The van der Waals surface area contributed by atoms with Gasteiger partial charge in [-0.05, 0) is 89.1 Å². The first-order valence-electron chi connectivity index (χ1n) is 22.1. The minimum absolute atomic E-state index is 0.121. The molecule has 0 aliphatic carbocycles. The molecule has 0 radical (unpaired) electrons. The third kappa shape index (κ3) is 12.6. The summed E-state index contributed by atoms with van der Waals surface area (Å²) in [5.41, 5.74) is 2.53. The van der Waals surface area contributed by atoms with Crippen LogP contribution in [0.5, 0.6) is 34.5 Å². The number of ether oxygens (including phenoxy) is 6. The zero-order valence-corrected chi connectivity index (χ0v) is 39.7. The molecule has 6 atom stereocenters. The van der Waals surface area contributed by atoms with Gasteiger partial charge in [-0.1, -0.05) is 48.6 Å². The van der Waals surface area contributed by atoms with Gasteiger partial charge in [0, 0.05) is 50.2 Å². The van der Waals surface area contributed by atoms with E-state index >= 15 is 0 Å². The molecule has 2 N–H and O–H groups in total. The van der Waals surface area contributed by atoms with E-state index in [9.17, 15) is 19.2 Å². The standard InChI is InChI=1S/2C26H32N2O5/c2*1-17-10-6-8-12-22(20-15-14-19(31-4)16-24(20)32-5)27-25(29)18(2)28(3)26(30)21-11-7-9-13-23(21)33-17/h2*6-9,11,13-18,22H,10,12H2,1-5H3,(H,27,29)/b8-6+;8-6-/t2*17-,18-,22-/m00/s1. The monoisotopic (exact) mass is 904 g/mol. The Balaban J connectivity index is 0.000000247. The Morgan fingerprint density at radius 3 is 1.23 bits per heavy atom. The van der Waals surface area contributed by atoms with Crippen molar-refractivity contribution in [2.45, 2.75) is 89.8 Å². The van der Waals surface area contributed by atoms with Crippen molar-refractivity contribution in [2.24, 2.45) is 0 Å². The smallest absolute Gasteiger partial charge is 0.258 e. The number of nitrogens with one attached hydrogen (secondary N) is 2. The molecule has 4 amide bonds. The Labute approximate surface area is 388 Å².